The molecule has 0 N–H and O–H groups in total. The Labute approximate surface area is 137 Å². The fourth-order valence-electron chi connectivity index (χ4n) is 3.06. The van der Waals surface area contributed by atoms with Gasteiger partial charge in [0, 0.05) is 6.42 Å². The summed E-state index contributed by atoms with van der Waals surface area (Å²) in [6, 6.07) is 0. The van der Waals surface area contributed by atoms with Crippen LogP contribution >= 0.6 is 0 Å². The molecule has 1 saturated heterocycles. The standard InChI is InChI=1S/C19H36O3/c1-3-4-5-8-11-14-17-18(22-17)15-12-9-6-7-10-13-16-19(20)21-2/h17-18H,3-16H2,1-2H3. The van der Waals surface area contributed by atoms with Crippen LogP contribution in [0.25, 0.3) is 0 Å². The highest BCUT2D eigenvalue weighted by molar-refractivity contribution is 5.68. The fourth-order valence-corrected chi connectivity index (χ4v) is 3.06. The molecule has 2 unspecified atom stereocenters. The molecule has 1 heterocycles. The average Bonchev–Trinajstić information content (AvgIpc) is 3.27. The van der Waals surface area contributed by atoms with Crippen LogP contribution in [0.15, 0.2) is 0 Å². The molecule has 0 aromatic carbocycles. The zero-order chi connectivity index (χ0) is 16.0. The van der Waals surface area contributed by atoms with Crippen LogP contribution in [0.4, 0.5) is 0 Å². The SMILES string of the molecule is CCCCCCCC1OC1CCCCCCCCC(=O)OC. The molecule has 0 spiro atoms. The number of hydrogen-bond donors (Lipinski definition) is 0. The minimum absolute atomic E-state index is 0.0772. The van der Waals surface area contributed by atoms with Gasteiger partial charge in [-0.2, -0.15) is 0 Å². The van der Waals surface area contributed by atoms with Crippen molar-refractivity contribution in [2.75, 3.05) is 7.11 Å². The number of ether oxygens (including phenoxy) is 2. The van der Waals surface area contributed by atoms with E-state index in [1.54, 1.807) is 0 Å². The molecule has 0 amide bonds. The van der Waals surface area contributed by atoms with Crippen molar-refractivity contribution in [3.63, 3.8) is 0 Å². The molecule has 0 aliphatic carbocycles. The van der Waals surface area contributed by atoms with Gasteiger partial charge in [-0.1, -0.05) is 71.1 Å². The third-order valence-corrected chi connectivity index (χ3v) is 4.63. The van der Waals surface area contributed by atoms with Crippen molar-refractivity contribution >= 4 is 5.97 Å². The van der Waals surface area contributed by atoms with Crippen molar-refractivity contribution < 1.29 is 14.3 Å². The first-order chi connectivity index (χ1) is 10.8. The zero-order valence-corrected chi connectivity index (χ0v) is 14.8. The number of hydrogen-bond acceptors (Lipinski definition) is 3. The normalized spacial score (nSPS) is 20.1. The largest absolute Gasteiger partial charge is 0.469 e. The highest BCUT2D eigenvalue weighted by Gasteiger charge is 2.36. The van der Waals surface area contributed by atoms with Crippen LogP contribution in [0.2, 0.25) is 0 Å². The molecule has 1 rings (SSSR count). The summed E-state index contributed by atoms with van der Waals surface area (Å²) in [6.45, 7) is 2.26. The van der Waals surface area contributed by atoms with Gasteiger partial charge in [0.2, 0.25) is 0 Å². The molecule has 0 bridgehead atoms. The lowest BCUT2D eigenvalue weighted by molar-refractivity contribution is -0.140. The van der Waals surface area contributed by atoms with E-state index >= 15 is 0 Å². The lowest BCUT2D eigenvalue weighted by Gasteiger charge is -2.01. The van der Waals surface area contributed by atoms with E-state index in [9.17, 15) is 4.79 Å². The summed E-state index contributed by atoms with van der Waals surface area (Å²) >= 11 is 0. The maximum absolute atomic E-state index is 11.0. The fraction of sp³-hybridized carbons (Fsp3) is 0.947. The summed E-state index contributed by atoms with van der Waals surface area (Å²) in [5.41, 5.74) is 0. The van der Waals surface area contributed by atoms with Crippen molar-refractivity contribution in [1.82, 2.24) is 0 Å². The minimum atomic E-state index is -0.0772. The second-order valence-electron chi connectivity index (χ2n) is 6.65. The zero-order valence-electron chi connectivity index (χ0n) is 14.8. The monoisotopic (exact) mass is 312 g/mol. The molecule has 2 atom stereocenters. The summed E-state index contributed by atoms with van der Waals surface area (Å²) in [7, 11) is 1.46. The smallest absolute Gasteiger partial charge is 0.305 e. The molecular formula is C19H36O3. The Hall–Kier alpha value is -0.570. The maximum atomic E-state index is 11.0. The molecule has 0 saturated carbocycles. The van der Waals surface area contributed by atoms with E-state index in [1.807, 2.05) is 0 Å². The van der Waals surface area contributed by atoms with Gasteiger partial charge in [0.25, 0.3) is 0 Å². The number of carbonyl (C=O) groups excluding carboxylic acids is 1. The second-order valence-corrected chi connectivity index (χ2v) is 6.65. The van der Waals surface area contributed by atoms with Gasteiger partial charge in [0.15, 0.2) is 0 Å². The van der Waals surface area contributed by atoms with E-state index in [4.69, 9.17) is 4.74 Å². The van der Waals surface area contributed by atoms with Crippen LogP contribution in [-0.2, 0) is 14.3 Å². The summed E-state index contributed by atoms with van der Waals surface area (Å²) in [6.07, 6.45) is 18.3. The first-order valence-electron chi connectivity index (χ1n) is 9.50. The average molecular weight is 312 g/mol. The Morgan fingerprint density at radius 2 is 1.32 bits per heavy atom. The molecule has 3 nitrogen and oxygen atoms in total. The van der Waals surface area contributed by atoms with E-state index in [2.05, 4.69) is 11.7 Å². The predicted octanol–water partition coefficient (Wildman–Crippen LogP) is 5.41. The van der Waals surface area contributed by atoms with E-state index in [1.165, 1.54) is 77.7 Å². The maximum Gasteiger partial charge on any atom is 0.305 e. The van der Waals surface area contributed by atoms with Crippen LogP contribution in [0.1, 0.15) is 96.8 Å². The molecule has 0 aromatic rings. The minimum Gasteiger partial charge on any atom is -0.469 e. The number of unbranched alkanes of at least 4 members (excludes halogenated alkanes) is 9. The number of rotatable bonds is 15. The lowest BCUT2D eigenvalue weighted by atomic mass is 10.0. The van der Waals surface area contributed by atoms with Crippen LogP contribution in [0, 0.1) is 0 Å². The van der Waals surface area contributed by atoms with Crippen molar-refractivity contribution in [3.05, 3.63) is 0 Å². The van der Waals surface area contributed by atoms with Gasteiger partial charge in [0.1, 0.15) is 0 Å². The van der Waals surface area contributed by atoms with E-state index in [0.717, 1.165) is 12.8 Å². The van der Waals surface area contributed by atoms with Gasteiger partial charge >= 0.3 is 5.97 Å². The topological polar surface area (TPSA) is 38.8 Å². The van der Waals surface area contributed by atoms with Crippen molar-refractivity contribution in [3.8, 4) is 0 Å². The Kier molecular flexibility index (Phi) is 11.4. The molecule has 130 valence electrons. The van der Waals surface area contributed by atoms with Crippen LogP contribution in [0.3, 0.4) is 0 Å². The third-order valence-electron chi connectivity index (χ3n) is 4.63. The molecule has 1 aliphatic heterocycles. The quantitative estimate of drug-likeness (QED) is 0.230. The van der Waals surface area contributed by atoms with Crippen LogP contribution in [0.5, 0.6) is 0 Å². The van der Waals surface area contributed by atoms with Gasteiger partial charge in [-0.3, -0.25) is 4.79 Å². The Bertz CT molecular complexity index is 278. The molecule has 0 aromatic heterocycles. The summed E-state index contributed by atoms with van der Waals surface area (Å²) in [5.74, 6) is -0.0772. The van der Waals surface area contributed by atoms with Gasteiger partial charge in [-0.15, -0.1) is 0 Å². The highest BCUT2D eigenvalue weighted by atomic mass is 16.6. The second kappa shape index (κ2) is 12.9. The molecular weight excluding hydrogens is 276 g/mol. The van der Waals surface area contributed by atoms with Gasteiger partial charge < -0.3 is 9.47 Å². The third kappa shape index (κ3) is 10.2. The number of epoxide rings is 1. The first kappa shape index (κ1) is 19.5. The molecule has 1 aliphatic rings. The Morgan fingerprint density at radius 3 is 1.86 bits per heavy atom. The van der Waals surface area contributed by atoms with Gasteiger partial charge in [-0.25, -0.2) is 0 Å². The summed E-state index contributed by atoms with van der Waals surface area (Å²) in [5, 5.41) is 0. The summed E-state index contributed by atoms with van der Waals surface area (Å²) < 4.78 is 10.4. The number of carbonyl (C=O) groups is 1. The Morgan fingerprint density at radius 1 is 0.818 bits per heavy atom. The Balaban J connectivity index is 1.76. The molecule has 1 fully saturated rings. The van der Waals surface area contributed by atoms with Crippen molar-refractivity contribution in [2.24, 2.45) is 0 Å². The lowest BCUT2D eigenvalue weighted by Crippen LogP contribution is -1.99. The van der Waals surface area contributed by atoms with E-state index < -0.39 is 0 Å². The van der Waals surface area contributed by atoms with E-state index in [0.29, 0.717) is 18.6 Å². The number of esters is 1. The summed E-state index contributed by atoms with van der Waals surface area (Å²) in [4.78, 5) is 11.0. The van der Waals surface area contributed by atoms with Gasteiger partial charge in [0.05, 0.1) is 19.3 Å². The van der Waals surface area contributed by atoms with Crippen molar-refractivity contribution in [1.29, 1.82) is 0 Å². The predicted molar refractivity (Wildman–Crippen MR) is 91.0 cm³/mol. The van der Waals surface area contributed by atoms with E-state index in [-0.39, 0.29) is 5.97 Å². The van der Waals surface area contributed by atoms with Crippen LogP contribution < -0.4 is 0 Å². The molecule has 0 radical (unpaired) electrons. The molecule has 22 heavy (non-hydrogen) atoms. The van der Waals surface area contributed by atoms with Gasteiger partial charge in [-0.05, 0) is 19.3 Å². The molecule has 3 heteroatoms. The van der Waals surface area contributed by atoms with Crippen molar-refractivity contribution in [2.45, 2.75) is 109 Å². The number of methoxy groups -OCH3 is 1. The highest BCUT2D eigenvalue weighted by Crippen LogP contribution is 2.31. The van der Waals surface area contributed by atoms with Crippen LogP contribution in [-0.4, -0.2) is 25.3 Å². The first-order valence-corrected chi connectivity index (χ1v) is 9.50.